The fourth-order valence-electron chi connectivity index (χ4n) is 0.289. The third-order valence-corrected chi connectivity index (χ3v) is 1.01. The van der Waals surface area contributed by atoms with E-state index in [-0.39, 0.29) is 0 Å². The largest absolute Gasteiger partial charge is 0.388 e. The normalized spacial score (nSPS) is 10.7. The van der Waals surface area contributed by atoms with E-state index in [1.54, 1.807) is 6.21 Å². The number of hydrogen-bond donors (Lipinski definition) is 1. The molecular formula is C10H22F3N3. The summed E-state index contributed by atoms with van der Waals surface area (Å²) < 4.78 is 32.4. The van der Waals surface area contributed by atoms with Crippen LogP contribution in [0.4, 0.5) is 13.2 Å². The van der Waals surface area contributed by atoms with E-state index in [0.29, 0.717) is 0 Å². The highest BCUT2D eigenvalue weighted by molar-refractivity contribution is 6.15. The van der Waals surface area contributed by atoms with Gasteiger partial charge in [-0.15, -0.1) is 0 Å². The van der Waals surface area contributed by atoms with Gasteiger partial charge < -0.3 is 5.84 Å². The van der Waals surface area contributed by atoms with Crippen LogP contribution in [0.15, 0.2) is 10.1 Å². The van der Waals surface area contributed by atoms with Crippen molar-refractivity contribution in [3.05, 3.63) is 0 Å². The fraction of sp³-hybridized carbons (Fsp3) is 0.800. The summed E-state index contributed by atoms with van der Waals surface area (Å²) in [5.74, 6) is 4.79. The topological polar surface area (TPSA) is 50.7 Å². The van der Waals surface area contributed by atoms with Gasteiger partial charge in [-0.3, -0.25) is 4.99 Å². The van der Waals surface area contributed by atoms with Crippen LogP contribution in [0.3, 0.4) is 0 Å². The van der Waals surface area contributed by atoms with Crippen LogP contribution in [-0.2, 0) is 0 Å². The second kappa shape index (κ2) is 16.4. The summed E-state index contributed by atoms with van der Waals surface area (Å²) in [6.07, 6.45) is -0.554. The Hall–Kier alpha value is -1.07. The molecule has 0 rings (SSSR count). The van der Waals surface area contributed by atoms with Gasteiger partial charge in [0.25, 0.3) is 0 Å². The molecular weight excluding hydrogens is 219 g/mol. The molecule has 0 aromatic carbocycles. The lowest BCUT2D eigenvalue weighted by Crippen LogP contribution is -2.02. The summed E-state index contributed by atoms with van der Waals surface area (Å²) in [7, 11) is 0. The minimum absolute atomic E-state index is 0.729. The van der Waals surface area contributed by atoms with Crippen molar-refractivity contribution in [2.45, 2.75) is 46.7 Å². The smallest absolute Gasteiger partial charge is 0.323 e. The number of rotatable bonds is 3. The van der Waals surface area contributed by atoms with Crippen molar-refractivity contribution in [1.82, 2.24) is 0 Å². The molecule has 98 valence electrons. The minimum Gasteiger partial charge on any atom is -0.323 e. The van der Waals surface area contributed by atoms with E-state index in [9.17, 15) is 13.2 Å². The van der Waals surface area contributed by atoms with Crippen molar-refractivity contribution >= 4 is 12.4 Å². The van der Waals surface area contributed by atoms with Crippen molar-refractivity contribution in [3.63, 3.8) is 0 Å². The van der Waals surface area contributed by atoms with Gasteiger partial charge in [0.1, 0.15) is 0 Å². The number of aliphatic imine (C=N–C) groups is 1. The summed E-state index contributed by atoms with van der Waals surface area (Å²) in [5, 5.41) is 3.23. The third-order valence-electron chi connectivity index (χ3n) is 1.01. The Balaban J connectivity index is -0.000000188. The molecule has 0 aliphatic rings. The van der Waals surface area contributed by atoms with Crippen LogP contribution >= 0.6 is 0 Å². The van der Waals surface area contributed by atoms with E-state index in [0.717, 1.165) is 19.9 Å². The fourth-order valence-corrected chi connectivity index (χ4v) is 0.289. The van der Waals surface area contributed by atoms with Gasteiger partial charge in [-0.1, -0.05) is 27.7 Å². The maximum Gasteiger partial charge on any atom is 0.388 e. The molecule has 0 bridgehead atoms. The molecule has 16 heavy (non-hydrogen) atoms. The first-order chi connectivity index (χ1) is 7.47. The molecule has 0 aromatic heterocycles. The number of halogens is 3. The van der Waals surface area contributed by atoms with E-state index in [4.69, 9.17) is 5.84 Å². The van der Waals surface area contributed by atoms with Crippen molar-refractivity contribution in [1.29, 1.82) is 0 Å². The molecule has 6 heteroatoms. The van der Waals surface area contributed by atoms with Gasteiger partial charge in [0.15, 0.2) is 0 Å². The molecule has 0 amide bonds. The lowest BCUT2D eigenvalue weighted by atomic mass is 10.5. The van der Waals surface area contributed by atoms with E-state index < -0.39 is 12.6 Å². The van der Waals surface area contributed by atoms with E-state index in [1.807, 2.05) is 13.8 Å². The molecule has 0 aromatic rings. The van der Waals surface area contributed by atoms with Gasteiger partial charge in [-0.2, -0.15) is 18.3 Å². The van der Waals surface area contributed by atoms with Crippen LogP contribution in [0.1, 0.15) is 40.5 Å². The molecule has 0 saturated heterocycles. The number of alkyl halides is 3. The Kier molecular flexibility index (Phi) is 20.8. The number of hydrogen-bond acceptors (Lipinski definition) is 3. The van der Waals surface area contributed by atoms with Gasteiger partial charge in [-0.05, 0) is 6.42 Å². The average molecular weight is 241 g/mol. The van der Waals surface area contributed by atoms with Gasteiger partial charge in [0.05, 0.1) is 6.21 Å². The maximum absolute atomic E-state index is 10.8. The monoisotopic (exact) mass is 241 g/mol. The first kappa shape index (κ1) is 20.4. The van der Waals surface area contributed by atoms with E-state index in [2.05, 4.69) is 17.0 Å². The van der Waals surface area contributed by atoms with Crippen molar-refractivity contribution in [2.75, 3.05) is 6.54 Å². The first-order valence-corrected chi connectivity index (χ1v) is 5.26. The third kappa shape index (κ3) is 38.3. The van der Waals surface area contributed by atoms with Crippen LogP contribution < -0.4 is 5.84 Å². The number of nitrogens with zero attached hydrogens (tertiary/aromatic N) is 2. The molecule has 0 fully saturated rings. The van der Waals surface area contributed by atoms with Crippen molar-refractivity contribution in [3.8, 4) is 0 Å². The highest BCUT2D eigenvalue weighted by Gasteiger charge is 2.22. The van der Waals surface area contributed by atoms with Crippen molar-refractivity contribution in [2.24, 2.45) is 15.9 Å². The zero-order valence-electron chi connectivity index (χ0n) is 10.4. The number of nitrogens with two attached hydrogens (primary N) is 1. The lowest BCUT2D eigenvalue weighted by Gasteiger charge is -1.96. The zero-order valence-corrected chi connectivity index (χ0v) is 10.4. The summed E-state index contributed by atoms with van der Waals surface area (Å²) in [6.45, 7) is 8.00. The van der Waals surface area contributed by atoms with Crippen LogP contribution in [0.5, 0.6) is 0 Å². The quantitative estimate of drug-likeness (QED) is 0.459. The highest BCUT2D eigenvalue weighted by Crippen LogP contribution is 2.17. The highest BCUT2D eigenvalue weighted by atomic mass is 19.4. The summed E-state index contributed by atoms with van der Waals surface area (Å²) in [6, 6.07) is 0. The standard InChI is InChI=1S/C5H11N3.C3H5F3.C2H6/c1-2-3-7-4-5-8-6;1-2-3(4,5)6;1-2/h4-5H,2-3,6H2,1H3;2H2,1H3;1-2H3/b7-4?,8-5-;;. The minimum atomic E-state index is -3.96. The van der Waals surface area contributed by atoms with Crippen LogP contribution in [0, 0.1) is 0 Å². The van der Waals surface area contributed by atoms with Gasteiger partial charge in [0, 0.05) is 19.2 Å². The molecule has 0 atom stereocenters. The predicted octanol–water partition coefficient (Wildman–Crippen LogP) is 3.40. The number of hydrazone groups is 1. The van der Waals surface area contributed by atoms with E-state index >= 15 is 0 Å². The van der Waals surface area contributed by atoms with E-state index in [1.165, 1.54) is 6.21 Å². The Morgan fingerprint density at radius 3 is 1.81 bits per heavy atom. The predicted molar refractivity (Wildman–Crippen MR) is 64.0 cm³/mol. The maximum atomic E-state index is 10.8. The van der Waals surface area contributed by atoms with Crippen LogP contribution in [0.2, 0.25) is 0 Å². The van der Waals surface area contributed by atoms with Crippen molar-refractivity contribution < 1.29 is 13.2 Å². The summed E-state index contributed by atoms with van der Waals surface area (Å²) in [4.78, 5) is 3.93. The molecule has 0 spiro atoms. The average Bonchev–Trinajstić information content (AvgIpc) is 2.27. The Bertz CT molecular complexity index is 165. The Labute approximate surface area is 95.6 Å². The summed E-state index contributed by atoms with van der Waals surface area (Å²) in [5.41, 5.74) is 0. The molecule has 0 unspecified atom stereocenters. The lowest BCUT2D eigenvalue weighted by molar-refractivity contribution is -0.130. The second-order valence-electron chi connectivity index (χ2n) is 2.32. The molecule has 3 nitrogen and oxygen atoms in total. The molecule has 0 saturated carbocycles. The molecule has 0 aliphatic carbocycles. The summed E-state index contributed by atoms with van der Waals surface area (Å²) >= 11 is 0. The Morgan fingerprint density at radius 2 is 1.56 bits per heavy atom. The molecule has 0 heterocycles. The van der Waals surface area contributed by atoms with Gasteiger partial charge in [-0.25, -0.2) is 0 Å². The second-order valence-corrected chi connectivity index (χ2v) is 2.32. The van der Waals surface area contributed by atoms with Gasteiger partial charge in [0.2, 0.25) is 0 Å². The van der Waals surface area contributed by atoms with Crippen LogP contribution in [-0.4, -0.2) is 25.2 Å². The SMILES string of the molecule is CC.CCC(F)(F)F.CCCN=C/C=N\N. The molecule has 0 aliphatic heterocycles. The Morgan fingerprint density at radius 1 is 1.12 bits per heavy atom. The van der Waals surface area contributed by atoms with Gasteiger partial charge >= 0.3 is 6.18 Å². The van der Waals surface area contributed by atoms with Crippen LogP contribution in [0.25, 0.3) is 0 Å². The first-order valence-electron chi connectivity index (χ1n) is 5.26. The molecule has 2 N–H and O–H groups in total. The zero-order chi connectivity index (χ0) is 13.4. The molecule has 0 radical (unpaired) electrons.